The molecule has 0 bridgehead atoms. The van der Waals surface area contributed by atoms with E-state index in [2.05, 4.69) is 47.4 Å². The highest BCUT2D eigenvalue weighted by molar-refractivity contribution is 5.78. The lowest BCUT2D eigenvalue weighted by atomic mass is 9.74. The molecule has 4 nitrogen and oxygen atoms in total. The molecule has 0 amide bonds. The van der Waals surface area contributed by atoms with Crippen LogP contribution in [0, 0.1) is 5.92 Å². The van der Waals surface area contributed by atoms with Gasteiger partial charge in [-0.05, 0) is 62.4 Å². The summed E-state index contributed by atoms with van der Waals surface area (Å²) in [5.74, 6) is 1.05. The number of rotatable bonds is 4. The average Bonchev–Trinajstić information content (AvgIpc) is 2.90. The summed E-state index contributed by atoms with van der Waals surface area (Å²) in [6, 6.07) is 17.0. The van der Waals surface area contributed by atoms with Gasteiger partial charge in [-0.2, -0.15) is 0 Å². The Hall–Kier alpha value is -2.33. The molecule has 4 rings (SSSR count). The first kappa shape index (κ1) is 19.0. The van der Waals surface area contributed by atoms with E-state index in [-0.39, 0.29) is 0 Å². The number of carboxylic acids is 1. The van der Waals surface area contributed by atoms with Gasteiger partial charge in [0.05, 0.1) is 0 Å². The molecule has 0 spiro atoms. The van der Waals surface area contributed by atoms with Crippen LogP contribution in [0.2, 0.25) is 0 Å². The second-order valence-corrected chi connectivity index (χ2v) is 8.26. The maximum absolute atomic E-state index is 11.8. The molecular weight excluding hydrogens is 350 g/mol. The molecular formula is C24H29NO3. The summed E-state index contributed by atoms with van der Waals surface area (Å²) in [5.41, 5.74) is 3.12. The van der Waals surface area contributed by atoms with E-state index >= 15 is 0 Å². The molecule has 2 unspecified atom stereocenters. The van der Waals surface area contributed by atoms with Gasteiger partial charge >= 0.3 is 5.97 Å². The molecule has 2 aliphatic rings. The molecule has 1 saturated heterocycles. The topological polar surface area (TPSA) is 49.8 Å². The molecule has 2 heterocycles. The maximum atomic E-state index is 11.8. The lowest BCUT2D eigenvalue weighted by Gasteiger charge is -2.43. The molecule has 148 valence electrons. The van der Waals surface area contributed by atoms with Gasteiger partial charge < -0.3 is 9.84 Å². The van der Waals surface area contributed by atoms with Crippen molar-refractivity contribution in [2.75, 3.05) is 13.1 Å². The van der Waals surface area contributed by atoms with Crippen molar-refractivity contribution in [3.05, 3.63) is 65.2 Å². The molecule has 2 aliphatic heterocycles. The van der Waals surface area contributed by atoms with E-state index in [9.17, 15) is 9.90 Å². The number of ether oxygens (including phenoxy) is 1. The summed E-state index contributed by atoms with van der Waals surface area (Å²) in [6.45, 7) is 6.08. The normalized spacial score (nSPS) is 22.3. The number of benzene rings is 2. The van der Waals surface area contributed by atoms with Crippen molar-refractivity contribution in [1.82, 2.24) is 4.90 Å². The zero-order valence-corrected chi connectivity index (χ0v) is 16.7. The fraction of sp³-hybridized carbons (Fsp3) is 0.458. The van der Waals surface area contributed by atoms with Crippen LogP contribution in [0.3, 0.4) is 0 Å². The number of likely N-dealkylation sites (tertiary alicyclic amines) is 1. The second kappa shape index (κ2) is 7.59. The van der Waals surface area contributed by atoms with Crippen LogP contribution in [0.1, 0.15) is 55.7 Å². The van der Waals surface area contributed by atoms with Gasteiger partial charge in [-0.25, -0.2) is 0 Å². The lowest BCUT2D eigenvalue weighted by Crippen LogP contribution is -2.55. The minimum absolute atomic E-state index is 0.301. The van der Waals surface area contributed by atoms with Crippen molar-refractivity contribution in [2.45, 2.75) is 51.2 Å². The zero-order chi connectivity index (χ0) is 19.7. The van der Waals surface area contributed by atoms with E-state index in [4.69, 9.17) is 4.74 Å². The second-order valence-electron chi connectivity index (χ2n) is 8.26. The molecule has 0 aromatic heterocycles. The highest BCUT2D eigenvalue weighted by atomic mass is 16.5. The number of carboxylic acid groups (broad SMARTS) is 1. The number of nitrogens with zero attached hydrogens (tertiary/aromatic N) is 1. The molecule has 2 atom stereocenters. The Morgan fingerprint density at radius 1 is 1.11 bits per heavy atom. The summed E-state index contributed by atoms with van der Waals surface area (Å²) >= 11 is 0. The Morgan fingerprint density at radius 3 is 2.43 bits per heavy atom. The standard InChI is InChI=1S/C24H29NO3/c1-3-24(2,23(26)27)25-14-12-17(13-15-25)22-19-9-5-4-8-18(19)16-28-21-11-7-6-10-20(21)22/h4-11,17,22H,3,12-16H2,1-2H3,(H,26,27). The summed E-state index contributed by atoms with van der Waals surface area (Å²) in [4.78, 5) is 14.0. The number of fused-ring (bicyclic) bond motifs is 2. The predicted octanol–water partition coefficient (Wildman–Crippen LogP) is 4.68. The van der Waals surface area contributed by atoms with Gasteiger partial charge in [-0.15, -0.1) is 0 Å². The van der Waals surface area contributed by atoms with Gasteiger partial charge in [0.15, 0.2) is 0 Å². The van der Waals surface area contributed by atoms with Crippen molar-refractivity contribution in [1.29, 1.82) is 0 Å². The van der Waals surface area contributed by atoms with Crippen LogP contribution >= 0.6 is 0 Å². The zero-order valence-electron chi connectivity index (χ0n) is 16.7. The van der Waals surface area contributed by atoms with Gasteiger partial charge in [0.1, 0.15) is 17.9 Å². The Bertz CT molecular complexity index is 809. The Balaban J connectivity index is 1.64. The van der Waals surface area contributed by atoms with Crippen molar-refractivity contribution in [2.24, 2.45) is 5.92 Å². The summed E-state index contributed by atoms with van der Waals surface area (Å²) in [6.07, 6.45) is 2.61. The predicted molar refractivity (Wildman–Crippen MR) is 110 cm³/mol. The first-order chi connectivity index (χ1) is 13.5. The highest BCUT2D eigenvalue weighted by Gasteiger charge is 2.41. The van der Waals surface area contributed by atoms with Crippen molar-refractivity contribution in [3.63, 3.8) is 0 Å². The number of hydrogen-bond donors (Lipinski definition) is 1. The highest BCUT2D eigenvalue weighted by Crippen LogP contribution is 2.45. The van der Waals surface area contributed by atoms with Crippen LogP contribution < -0.4 is 4.74 Å². The van der Waals surface area contributed by atoms with Crippen LogP contribution in [0.4, 0.5) is 0 Å². The Morgan fingerprint density at radius 2 is 1.75 bits per heavy atom. The van der Waals surface area contributed by atoms with Gasteiger partial charge in [0.25, 0.3) is 0 Å². The van der Waals surface area contributed by atoms with E-state index in [0.29, 0.717) is 24.9 Å². The minimum Gasteiger partial charge on any atom is -0.489 e. The third-order valence-corrected chi connectivity index (χ3v) is 6.89. The fourth-order valence-electron chi connectivity index (χ4n) is 4.91. The summed E-state index contributed by atoms with van der Waals surface area (Å²) in [5, 5.41) is 9.74. The molecule has 0 saturated carbocycles. The quantitative estimate of drug-likeness (QED) is 0.838. The molecule has 0 aliphatic carbocycles. The van der Waals surface area contributed by atoms with E-state index in [1.807, 2.05) is 19.9 Å². The van der Waals surface area contributed by atoms with E-state index < -0.39 is 11.5 Å². The smallest absolute Gasteiger partial charge is 0.323 e. The third kappa shape index (κ3) is 3.20. The molecule has 1 fully saturated rings. The largest absolute Gasteiger partial charge is 0.489 e. The maximum Gasteiger partial charge on any atom is 0.323 e. The average molecular weight is 380 g/mol. The van der Waals surface area contributed by atoms with Gasteiger partial charge in [-0.3, -0.25) is 9.69 Å². The minimum atomic E-state index is -0.770. The number of carbonyl (C=O) groups is 1. The monoisotopic (exact) mass is 379 g/mol. The number of aliphatic carboxylic acids is 1. The van der Waals surface area contributed by atoms with Crippen LogP contribution in [0.15, 0.2) is 48.5 Å². The van der Waals surface area contributed by atoms with Crippen LogP contribution in [-0.4, -0.2) is 34.6 Å². The summed E-state index contributed by atoms with van der Waals surface area (Å²) < 4.78 is 6.13. The Labute approximate surface area is 167 Å². The molecule has 2 aromatic carbocycles. The first-order valence-electron chi connectivity index (χ1n) is 10.3. The van der Waals surface area contributed by atoms with Gasteiger partial charge in [-0.1, -0.05) is 49.4 Å². The first-order valence-corrected chi connectivity index (χ1v) is 10.3. The van der Waals surface area contributed by atoms with Crippen LogP contribution in [-0.2, 0) is 11.4 Å². The molecule has 28 heavy (non-hydrogen) atoms. The van der Waals surface area contributed by atoms with Gasteiger partial charge in [0, 0.05) is 11.5 Å². The molecule has 0 radical (unpaired) electrons. The number of hydrogen-bond acceptors (Lipinski definition) is 3. The number of para-hydroxylation sites is 1. The fourth-order valence-corrected chi connectivity index (χ4v) is 4.91. The molecule has 1 N–H and O–H groups in total. The van der Waals surface area contributed by atoms with Crippen molar-refractivity contribution >= 4 is 5.97 Å². The lowest BCUT2D eigenvalue weighted by molar-refractivity contribution is -0.152. The van der Waals surface area contributed by atoms with E-state index in [0.717, 1.165) is 31.7 Å². The van der Waals surface area contributed by atoms with Gasteiger partial charge in [0.2, 0.25) is 0 Å². The van der Waals surface area contributed by atoms with E-state index in [1.165, 1.54) is 16.7 Å². The molecule has 4 heteroatoms. The van der Waals surface area contributed by atoms with Crippen LogP contribution in [0.25, 0.3) is 0 Å². The van der Waals surface area contributed by atoms with E-state index in [1.54, 1.807) is 0 Å². The van der Waals surface area contributed by atoms with Crippen LogP contribution in [0.5, 0.6) is 5.75 Å². The number of piperidine rings is 1. The summed E-state index contributed by atoms with van der Waals surface area (Å²) in [7, 11) is 0. The van der Waals surface area contributed by atoms with Crippen molar-refractivity contribution < 1.29 is 14.6 Å². The molecule has 2 aromatic rings. The van der Waals surface area contributed by atoms with Crippen molar-refractivity contribution in [3.8, 4) is 5.75 Å². The SMILES string of the molecule is CCC(C)(C(=O)O)N1CCC(C2c3ccccc3COc3ccccc32)CC1. The third-order valence-electron chi connectivity index (χ3n) is 6.89. The Kier molecular flexibility index (Phi) is 5.15.